The van der Waals surface area contributed by atoms with E-state index >= 15 is 0 Å². The zero-order chi connectivity index (χ0) is 13.0. The van der Waals surface area contributed by atoms with E-state index in [2.05, 4.69) is 20.3 Å². The monoisotopic (exact) mass is 255 g/mol. The van der Waals surface area contributed by atoms with Gasteiger partial charge in [-0.1, -0.05) is 12.1 Å². The van der Waals surface area contributed by atoms with E-state index in [1.165, 1.54) is 6.07 Å². The molecule has 0 unspecified atom stereocenters. The van der Waals surface area contributed by atoms with Crippen LogP contribution in [0.2, 0.25) is 0 Å². The first kappa shape index (κ1) is 12.3. The van der Waals surface area contributed by atoms with Gasteiger partial charge < -0.3 is 14.5 Å². The van der Waals surface area contributed by atoms with Crippen LogP contribution in [0.5, 0.6) is 5.75 Å². The Morgan fingerprint density at radius 2 is 2.11 bits per heavy atom. The van der Waals surface area contributed by atoms with Crippen molar-refractivity contribution in [3.63, 3.8) is 0 Å². The molecule has 0 radical (unpaired) electrons. The summed E-state index contributed by atoms with van der Waals surface area (Å²) in [6, 6.07) is 6.40. The molecule has 18 heavy (non-hydrogen) atoms. The normalized spacial score (nSPS) is 10.7. The Labute approximate surface area is 102 Å². The van der Waals surface area contributed by atoms with Gasteiger partial charge in [-0.05, 0) is 12.1 Å². The van der Waals surface area contributed by atoms with Gasteiger partial charge >= 0.3 is 6.61 Å². The van der Waals surface area contributed by atoms with E-state index in [0.29, 0.717) is 17.5 Å². The fraction of sp³-hybridized carbons (Fsp3) is 0.273. The van der Waals surface area contributed by atoms with Gasteiger partial charge in [-0.15, -0.1) is 10.2 Å². The Morgan fingerprint density at radius 1 is 1.33 bits per heavy atom. The molecule has 2 aromatic rings. The third-order valence-electron chi connectivity index (χ3n) is 2.10. The van der Waals surface area contributed by atoms with Crippen LogP contribution in [-0.2, 0) is 6.54 Å². The molecule has 0 saturated carbocycles. The Bertz CT molecular complexity index is 516. The number of aryl methyl sites for hydroxylation is 1. The molecule has 96 valence electrons. The van der Waals surface area contributed by atoms with Crippen molar-refractivity contribution >= 4 is 5.69 Å². The number of rotatable bonds is 5. The van der Waals surface area contributed by atoms with E-state index in [0.717, 1.165) is 0 Å². The standard InChI is InChI=1S/C11H11F2N3O2/c1-7-15-16-10(17-7)6-14-8-4-2-3-5-9(8)18-11(12)13/h2-5,11,14H,6H2,1H3. The maximum atomic E-state index is 12.2. The minimum absolute atomic E-state index is 0.0729. The predicted molar refractivity (Wildman–Crippen MR) is 59.4 cm³/mol. The number of halogens is 2. The fourth-order valence-corrected chi connectivity index (χ4v) is 1.39. The summed E-state index contributed by atoms with van der Waals surface area (Å²) in [6.07, 6.45) is 0. The first-order chi connectivity index (χ1) is 8.65. The molecule has 0 fully saturated rings. The molecular formula is C11H11F2N3O2. The fourth-order valence-electron chi connectivity index (χ4n) is 1.39. The summed E-state index contributed by atoms with van der Waals surface area (Å²) in [7, 11) is 0. The number of ether oxygens (including phenoxy) is 1. The molecule has 0 spiro atoms. The Hall–Kier alpha value is -2.18. The second-order valence-electron chi connectivity index (χ2n) is 3.44. The molecule has 5 nitrogen and oxygen atoms in total. The van der Waals surface area contributed by atoms with Crippen LogP contribution in [0.15, 0.2) is 28.7 Å². The number of nitrogens with one attached hydrogen (secondary N) is 1. The summed E-state index contributed by atoms with van der Waals surface area (Å²) >= 11 is 0. The molecule has 0 amide bonds. The van der Waals surface area contributed by atoms with Gasteiger partial charge in [-0.3, -0.25) is 0 Å². The highest BCUT2D eigenvalue weighted by atomic mass is 19.3. The minimum atomic E-state index is -2.86. The van der Waals surface area contributed by atoms with E-state index in [4.69, 9.17) is 4.42 Å². The van der Waals surface area contributed by atoms with Crippen LogP contribution >= 0.6 is 0 Å². The van der Waals surface area contributed by atoms with Crippen LogP contribution in [-0.4, -0.2) is 16.8 Å². The molecule has 2 rings (SSSR count). The van der Waals surface area contributed by atoms with Crippen LogP contribution in [0.1, 0.15) is 11.8 Å². The van der Waals surface area contributed by atoms with Gasteiger partial charge in [-0.2, -0.15) is 8.78 Å². The Kier molecular flexibility index (Phi) is 3.71. The van der Waals surface area contributed by atoms with E-state index in [9.17, 15) is 8.78 Å². The first-order valence-corrected chi connectivity index (χ1v) is 5.22. The third-order valence-corrected chi connectivity index (χ3v) is 2.10. The second-order valence-corrected chi connectivity index (χ2v) is 3.44. The zero-order valence-corrected chi connectivity index (χ0v) is 9.56. The zero-order valence-electron chi connectivity index (χ0n) is 9.56. The number of aromatic nitrogens is 2. The van der Waals surface area contributed by atoms with Crippen molar-refractivity contribution in [1.29, 1.82) is 0 Å². The maximum absolute atomic E-state index is 12.2. The van der Waals surface area contributed by atoms with Gasteiger partial charge in [0.15, 0.2) is 0 Å². The highest BCUT2D eigenvalue weighted by Gasteiger charge is 2.09. The average molecular weight is 255 g/mol. The number of alkyl halides is 2. The average Bonchev–Trinajstić information content (AvgIpc) is 2.73. The van der Waals surface area contributed by atoms with Crippen LogP contribution in [0, 0.1) is 6.92 Å². The van der Waals surface area contributed by atoms with Crippen molar-refractivity contribution in [2.45, 2.75) is 20.1 Å². The van der Waals surface area contributed by atoms with Gasteiger partial charge in [-0.25, -0.2) is 0 Å². The molecule has 7 heteroatoms. The third kappa shape index (κ3) is 3.16. The molecule has 1 aromatic heterocycles. The lowest BCUT2D eigenvalue weighted by Gasteiger charge is -2.10. The van der Waals surface area contributed by atoms with E-state index < -0.39 is 6.61 Å². The lowest BCUT2D eigenvalue weighted by Crippen LogP contribution is -2.06. The summed E-state index contributed by atoms with van der Waals surface area (Å²) in [4.78, 5) is 0. The lowest BCUT2D eigenvalue weighted by atomic mass is 10.3. The summed E-state index contributed by atoms with van der Waals surface area (Å²) in [6.45, 7) is -0.951. The summed E-state index contributed by atoms with van der Waals surface area (Å²) in [5.74, 6) is 0.895. The number of hydrogen-bond donors (Lipinski definition) is 1. The molecule has 1 heterocycles. The number of benzene rings is 1. The van der Waals surface area contributed by atoms with Gasteiger partial charge in [0.1, 0.15) is 5.75 Å². The van der Waals surface area contributed by atoms with Crippen LogP contribution < -0.4 is 10.1 Å². The Morgan fingerprint density at radius 3 is 2.78 bits per heavy atom. The van der Waals surface area contributed by atoms with Gasteiger partial charge in [0.2, 0.25) is 11.8 Å². The number of anilines is 1. The quantitative estimate of drug-likeness (QED) is 0.889. The molecule has 1 aromatic carbocycles. The molecule has 1 N–H and O–H groups in total. The summed E-state index contributed by atoms with van der Waals surface area (Å²) in [5, 5.41) is 10.3. The second kappa shape index (κ2) is 5.44. The molecule has 0 aliphatic rings. The number of nitrogens with zero attached hydrogens (tertiary/aromatic N) is 2. The summed E-state index contributed by atoms with van der Waals surface area (Å²) in [5.41, 5.74) is 0.439. The smallest absolute Gasteiger partial charge is 0.387 e. The van der Waals surface area contributed by atoms with Crippen molar-refractivity contribution in [1.82, 2.24) is 10.2 Å². The van der Waals surface area contributed by atoms with Gasteiger partial charge in [0.05, 0.1) is 12.2 Å². The first-order valence-electron chi connectivity index (χ1n) is 5.22. The number of para-hydroxylation sites is 2. The maximum Gasteiger partial charge on any atom is 0.387 e. The molecule has 0 atom stereocenters. The van der Waals surface area contributed by atoms with Crippen molar-refractivity contribution in [3.8, 4) is 5.75 Å². The SMILES string of the molecule is Cc1nnc(CNc2ccccc2OC(F)F)o1. The van der Waals surface area contributed by atoms with E-state index in [-0.39, 0.29) is 12.3 Å². The van der Waals surface area contributed by atoms with Gasteiger partial charge in [0, 0.05) is 6.92 Å². The van der Waals surface area contributed by atoms with Crippen LogP contribution in [0.4, 0.5) is 14.5 Å². The van der Waals surface area contributed by atoms with Crippen molar-refractivity contribution in [2.24, 2.45) is 0 Å². The Balaban J connectivity index is 2.04. The van der Waals surface area contributed by atoms with Crippen LogP contribution in [0.3, 0.4) is 0 Å². The minimum Gasteiger partial charge on any atom is -0.433 e. The number of hydrogen-bond acceptors (Lipinski definition) is 5. The highest BCUT2D eigenvalue weighted by Crippen LogP contribution is 2.25. The lowest BCUT2D eigenvalue weighted by molar-refractivity contribution is -0.0493. The van der Waals surface area contributed by atoms with Crippen molar-refractivity contribution in [3.05, 3.63) is 36.0 Å². The molecular weight excluding hydrogens is 244 g/mol. The summed E-state index contributed by atoms with van der Waals surface area (Å²) < 4.78 is 33.9. The topological polar surface area (TPSA) is 60.2 Å². The van der Waals surface area contributed by atoms with Gasteiger partial charge in [0.25, 0.3) is 0 Å². The van der Waals surface area contributed by atoms with Crippen molar-refractivity contribution < 1.29 is 17.9 Å². The molecule has 0 aliphatic heterocycles. The molecule has 0 saturated heterocycles. The van der Waals surface area contributed by atoms with E-state index in [1.54, 1.807) is 25.1 Å². The van der Waals surface area contributed by atoms with E-state index in [1.807, 2.05) is 0 Å². The molecule has 0 aliphatic carbocycles. The predicted octanol–water partition coefficient (Wildman–Crippen LogP) is 2.59. The highest BCUT2D eigenvalue weighted by molar-refractivity contribution is 5.56. The molecule has 0 bridgehead atoms. The van der Waals surface area contributed by atoms with Crippen LogP contribution in [0.25, 0.3) is 0 Å². The largest absolute Gasteiger partial charge is 0.433 e. The van der Waals surface area contributed by atoms with Crippen molar-refractivity contribution in [2.75, 3.05) is 5.32 Å².